The molecule has 0 fully saturated rings. The van der Waals surface area contributed by atoms with E-state index < -0.39 is 0 Å². The third-order valence-corrected chi connectivity index (χ3v) is 4.33. The Labute approximate surface area is 130 Å². The number of aromatic nitrogens is 4. The fourth-order valence-electron chi connectivity index (χ4n) is 2.38. The molecule has 0 aliphatic rings. The molecule has 116 valence electrons. The highest BCUT2D eigenvalue weighted by Gasteiger charge is 2.19. The molecule has 0 amide bonds. The molecular formula is C15H25N5S. The lowest BCUT2D eigenvalue weighted by molar-refractivity contribution is 0.507. The first-order valence-electron chi connectivity index (χ1n) is 7.74. The minimum atomic E-state index is 0.257. The first-order valence-corrected chi connectivity index (χ1v) is 8.51. The molecule has 1 unspecified atom stereocenters. The van der Waals surface area contributed by atoms with E-state index in [9.17, 15) is 0 Å². The van der Waals surface area contributed by atoms with Crippen molar-refractivity contribution in [3.8, 4) is 0 Å². The van der Waals surface area contributed by atoms with Crippen LogP contribution in [0.3, 0.4) is 0 Å². The summed E-state index contributed by atoms with van der Waals surface area (Å²) in [4.78, 5) is 1.26. The zero-order valence-corrected chi connectivity index (χ0v) is 14.2. The maximum absolute atomic E-state index is 4.66. The van der Waals surface area contributed by atoms with E-state index in [1.54, 1.807) is 0 Å². The summed E-state index contributed by atoms with van der Waals surface area (Å²) in [5.41, 5.74) is 2.25. The van der Waals surface area contributed by atoms with E-state index in [4.69, 9.17) is 0 Å². The molecule has 0 saturated heterocycles. The van der Waals surface area contributed by atoms with Gasteiger partial charge in [0.2, 0.25) is 0 Å². The van der Waals surface area contributed by atoms with Gasteiger partial charge in [-0.15, -0.1) is 5.10 Å². The highest BCUT2D eigenvalue weighted by Crippen LogP contribution is 2.24. The van der Waals surface area contributed by atoms with Crippen LogP contribution in [-0.4, -0.2) is 25.9 Å². The molecule has 6 heteroatoms. The third kappa shape index (κ3) is 4.11. The Morgan fingerprint density at radius 3 is 2.76 bits per heavy atom. The maximum Gasteiger partial charge on any atom is 0.0803 e. The van der Waals surface area contributed by atoms with Gasteiger partial charge in [-0.25, -0.2) is 0 Å². The van der Waals surface area contributed by atoms with Crippen LogP contribution in [-0.2, 0) is 12.8 Å². The maximum atomic E-state index is 4.66. The molecule has 1 atom stereocenters. The van der Waals surface area contributed by atoms with Gasteiger partial charge in [0.25, 0.3) is 0 Å². The molecule has 2 rings (SSSR count). The molecule has 0 bridgehead atoms. The summed E-state index contributed by atoms with van der Waals surface area (Å²) in [7, 11) is 0. The van der Waals surface area contributed by atoms with Crippen molar-refractivity contribution in [2.75, 3.05) is 6.54 Å². The molecule has 21 heavy (non-hydrogen) atoms. The Morgan fingerprint density at radius 1 is 1.33 bits per heavy atom. The lowest BCUT2D eigenvalue weighted by Gasteiger charge is -2.16. The molecule has 2 aromatic heterocycles. The monoisotopic (exact) mass is 307 g/mol. The van der Waals surface area contributed by atoms with E-state index >= 15 is 0 Å². The Kier molecular flexibility index (Phi) is 5.87. The molecule has 0 radical (unpaired) electrons. The van der Waals surface area contributed by atoms with Gasteiger partial charge < -0.3 is 5.32 Å². The predicted octanol–water partition coefficient (Wildman–Crippen LogP) is 3.16. The van der Waals surface area contributed by atoms with Crippen LogP contribution in [0.15, 0.2) is 12.3 Å². The first kappa shape index (κ1) is 16.1. The Hall–Kier alpha value is -1.27. The number of nitrogens with zero attached hydrogens (tertiary/aromatic N) is 4. The summed E-state index contributed by atoms with van der Waals surface area (Å²) < 4.78 is 6.16. The van der Waals surface area contributed by atoms with Gasteiger partial charge in [0.15, 0.2) is 0 Å². The summed E-state index contributed by atoms with van der Waals surface area (Å²) in [6.45, 7) is 9.53. The molecule has 0 aliphatic heterocycles. The molecule has 1 N–H and O–H groups in total. The van der Waals surface area contributed by atoms with Crippen LogP contribution in [0.5, 0.6) is 0 Å². The highest BCUT2D eigenvalue weighted by molar-refractivity contribution is 7.05. The molecule has 0 aromatic carbocycles. The van der Waals surface area contributed by atoms with Gasteiger partial charge in [0, 0.05) is 18.7 Å². The SMILES string of the molecule is CCCc1nnsc1C(Cc1ccn(C(C)C)n1)NCC. The van der Waals surface area contributed by atoms with Gasteiger partial charge in [-0.05, 0) is 44.4 Å². The summed E-state index contributed by atoms with van der Waals surface area (Å²) >= 11 is 1.51. The molecule has 0 spiro atoms. The van der Waals surface area contributed by atoms with Gasteiger partial charge in [0.05, 0.1) is 22.3 Å². The lowest BCUT2D eigenvalue weighted by Crippen LogP contribution is -2.23. The van der Waals surface area contributed by atoms with Crippen molar-refractivity contribution in [1.29, 1.82) is 0 Å². The topological polar surface area (TPSA) is 55.6 Å². The van der Waals surface area contributed by atoms with E-state index in [0.717, 1.165) is 37.2 Å². The van der Waals surface area contributed by atoms with E-state index in [2.05, 4.69) is 60.0 Å². The van der Waals surface area contributed by atoms with Gasteiger partial charge in [-0.2, -0.15) is 5.10 Å². The Bertz CT molecular complexity index is 546. The van der Waals surface area contributed by atoms with Crippen LogP contribution in [0.4, 0.5) is 0 Å². The largest absolute Gasteiger partial charge is 0.309 e. The summed E-state index contributed by atoms with van der Waals surface area (Å²) in [5.74, 6) is 0. The van der Waals surface area contributed by atoms with Gasteiger partial charge in [0.1, 0.15) is 0 Å². The molecule has 2 aromatic rings. The van der Waals surface area contributed by atoms with Crippen molar-refractivity contribution in [3.05, 3.63) is 28.5 Å². The lowest BCUT2D eigenvalue weighted by atomic mass is 10.1. The number of aryl methyl sites for hydroxylation is 1. The fourth-order valence-corrected chi connectivity index (χ4v) is 3.15. The molecule has 5 nitrogen and oxygen atoms in total. The predicted molar refractivity (Wildman–Crippen MR) is 86.6 cm³/mol. The summed E-state index contributed by atoms with van der Waals surface area (Å²) in [6, 6.07) is 2.77. The Balaban J connectivity index is 2.16. The van der Waals surface area contributed by atoms with E-state index in [0.29, 0.717) is 6.04 Å². The number of likely N-dealkylation sites (N-methyl/N-ethyl adjacent to an activating group) is 1. The van der Waals surface area contributed by atoms with Crippen LogP contribution < -0.4 is 5.32 Å². The Morgan fingerprint density at radius 2 is 2.14 bits per heavy atom. The normalized spacial score (nSPS) is 13.0. The molecular weight excluding hydrogens is 282 g/mol. The van der Waals surface area contributed by atoms with Gasteiger partial charge >= 0.3 is 0 Å². The third-order valence-electron chi connectivity index (χ3n) is 3.44. The molecule has 0 saturated carbocycles. The van der Waals surface area contributed by atoms with Crippen LogP contribution in [0, 0.1) is 0 Å². The van der Waals surface area contributed by atoms with E-state index in [1.165, 1.54) is 16.4 Å². The minimum Gasteiger partial charge on any atom is -0.309 e. The zero-order chi connectivity index (χ0) is 15.2. The van der Waals surface area contributed by atoms with Crippen molar-refractivity contribution >= 4 is 11.5 Å². The van der Waals surface area contributed by atoms with Crippen LogP contribution in [0.25, 0.3) is 0 Å². The van der Waals surface area contributed by atoms with Gasteiger partial charge in [-0.3, -0.25) is 4.68 Å². The number of rotatable bonds is 8. The van der Waals surface area contributed by atoms with Crippen molar-refractivity contribution in [2.24, 2.45) is 0 Å². The van der Waals surface area contributed by atoms with Gasteiger partial charge in [-0.1, -0.05) is 24.8 Å². The van der Waals surface area contributed by atoms with E-state index in [1.807, 2.05) is 4.68 Å². The molecule has 2 heterocycles. The fraction of sp³-hybridized carbons (Fsp3) is 0.667. The average molecular weight is 307 g/mol. The van der Waals surface area contributed by atoms with Crippen molar-refractivity contribution in [3.63, 3.8) is 0 Å². The number of hydrogen-bond donors (Lipinski definition) is 1. The van der Waals surface area contributed by atoms with Crippen molar-refractivity contribution in [1.82, 2.24) is 24.7 Å². The quantitative estimate of drug-likeness (QED) is 0.814. The molecule has 0 aliphatic carbocycles. The van der Waals surface area contributed by atoms with Crippen molar-refractivity contribution < 1.29 is 0 Å². The van der Waals surface area contributed by atoms with Crippen molar-refractivity contribution in [2.45, 2.75) is 59.0 Å². The number of hydrogen-bond acceptors (Lipinski definition) is 5. The van der Waals surface area contributed by atoms with E-state index in [-0.39, 0.29) is 6.04 Å². The first-order chi connectivity index (χ1) is 10.2. The average Bonchev–Trinajstić information content (AvgIpc) is 3.08. The second-order valence-corrected chi connectivity index (χ2v) is 6.31. The second kappa shape index (κ2) is 7.66. The van der Waals surface area contributed by atoms with Crippen LogP contribution in [0.2, 0.25) is 0 Å². The smallest absolute Gasteiger partial charge is 0.0803 e. The standard InChI is InChI=1S/C15H25N5S/c1-5-7-13-15(21-19-17-13)14(16-6-2)10-12-8-9-20(18-12)11(3)4/h8-9,11,14,16H,5-7,10H2,1-4H3. The van der Waals surface area contributed by atoms with Crippen LogP contribution in [0.1, 0.15) is 62.5 Å². The van der Waals surface area contributed by atoms with Crippen LogP contribution >= 0.6 is 11.5 Å². The highest BCUT2D eigenvalue weighted by atomic mass is 32.1. The minimum absolute atomic E-state index is 0.257. The summed E-state index contributed by atoms with van der Waals surface area (Å²) in [6.07, 6.45) is 5.03. The number of nitrogens with one attached hydrogen (secondary N) is 1. The summed E-state index contributed by atoms with van der Waals surface area (Å²) in [5, 5.41) is 12.5. The second-order valence-electron chi connectivity index (χ2n) is 5.53. The zero-order valence-electron chi connectivity index (χ0n) is 13.3.